The van der Waals surface area contributed by atoms with Crippen molar-refractivity contribution < 1.29 is 18.8 Å². The number of carbonyl (C=O) groups is 2. The largest absolute Gasteiger partial charge is 0.452 e. The molecule has 0 saturated carbocycles. The van der Waals surface area contributed by atoms with E-state index >= 15 is 0 Å². The van der Waals surface area contributed by atoms with Crippen LogP contribution in [0.3, 0.4) is 0 Å². The fourth-order valence-corrected chi connectivity index (χ4v) is 3.14. The predicted molar refractivity (Wildman–Crippen MR) is 114 cm³/mol. The number of hydrogen-bond acceptors (Lipinski definition) is 6. The monoisotopic (exact) mass is 416 g/mol. The Kier molecular flexibility index (Phi) is 5.61. The number of benzene rings is 2. The van der Waals surface area contributed by atoms with Gasteiger partial charge in [-0.15, -0.1) is 0 Å². The topological polar surface area (TPSA) is 99.2 Å². The van der Waals surface area contributed by atoms with Gasteiger partial charge < -0.3 is 14.6 Å². The van der Waals surface area contributed by atoms with Crippen LogP contribution in [0.25, 0.3) is 16.9 Å². The molecule has 0 unspecified atom stereocenters. The molecular weight excluding hydrogens is 396 g/mol. The maximum atomic E-state index is 12.7. The number of nitrogens with one attached hydrogen (secondary N) is 1. The predicted octanol–water partition coefficient (Wildman–Crippen LogP) is 3.94. The van der Waals surface area contributed by atoms with Crippen molar-refractivity contribution in [1.82, 2.24) is 14.9 Å². The minimum absolute atomic E-state index is 0.198. The summed E-state index contributed by atoms with van der Waals surface area (Å²) in [6.07, 6.45) is 0. The van der Waals surface area contributed by atoms with E-state index in [4.69, 9.17) is 9.26 Å². The van der Waals surface area contributed by atoms with Crippen molar-refractivity contribution in [3.63, 3.8) is 0 Å². The van der Waals surface area contributed by atoms with Gasteiger partial charge in [-0.05, 0) is 26.0 Å². The van der Waals surface area contributed by atoms with Crippen LogP contribution in [0.1, 0.15) is 21.8 Å². The number of aryl methyl sites for hydroxylation is 2. The molecule has 4 rings (SSSR count). The molecule has 0 fully saturated rings. The number of anilines is 1. The van der Waals surface area contributed by atoms with Crippen LogP contribution in [0.4, 0.5) is 5.82 Å². The molecule has 0 atom stereocenters. The molecule has 1 amide bonds. The maximum Gasteiger partial charge on any atom is 0.344 e. The molecule has 2 heterocycles. The lowest BCUT2D eigenvalue weighted by Crippen LogP contribution is -2.22. The van der Waals surface area contributed by atoms with Gasteiger partial charge in [0.2, 0.25) is 0 Å². The fraction of sp³-hybridized carbons (Fsp3) is 0.130. The number of aromatic nitrogens is 3. The van der Waals surface area contributed by atoms with E-state index in [9.17, 15) is 9.59 Å². The SMILES string of the molecule is Cc1cc(NC(=O)COC(=O)c2c(-c3ccccc3)noc2C)n(-c2ccccc2)n1. The second kappa shape index (κ2) is 8.66. The van der Waals surface area contributed by atoms with Crippen LogP contribution in [0, 0.1) is 13.8 Å². The minimum Gasteiger partial charge on any atom is -0.452 e. The molecule has 31 heavy (non-hydrogen) atoms. The Bertz CT molecular complexity index is 1210. The van der Waals surface area contributed by atoms with Crippen LogP contribution in [-0.4, -0.2) is 33.4 Å². The number of amides is 1. The average Bonchev–Trinajstić information content (AvgIpc) is 3.35. The summed E-state index contributed by atoms with van der Waals surface area (Å²) in [5, 5.41) is 11.1. The Morgan fingerprint density at radius 2 is 1.71 bits per heavy atom. The second-order valence-corrected chi connectivity index (χ2v) is 6.87. The summed E-state index contributed by atoms with van der Waals surface area (Å²) in [4.78, 5) is 25.1. The highest BCUT2D eigenvalue weighted by Gasteiger charge is 2.24. The Morgan fingerprint density at radius 3 is 2.42 bits per heavy atom. The van der Waals surface area contributed by atoms with E-state index in [1.54, 1.807) is 17.7 Å². The van der Waals surface area contributed by atoms with Gasteiger partial charge >= 0.3 is 5.97 Å². The number of esters is 1. The molecule has 0 bridgehead atoms. The smallest absolute Gasteiger partial charge is 0.344 e. The van der Waals surface area contributed by atoms with Gasteiger partial charge in [0.05, 0.1) is 11.4 Å². The Labute approximate surface area is 178 Å². The van der Waals surface area contributed by atoms with Gasteiger partial charge in [-0.2, -0.15) is 5.10 Å². The normalized spacial score (nSPS) is 10.6. The van der Waals surface area contributed by atoms with E-state index in [0.717, 1.165) is 16.9 Å². The molecule has 0 spiro atoms. The number of carbonyl (C=O) groups excluding carboxylic acids is 2. The standard InChI is InChI=1S/C23H20N4O4/c1-15-13-19(27(25-15)18-11-7-4-8-12-18)24-20(28)14-30-23(29)21-16(2)31-26-22(21)17-9-5-3-6-10-17/h3-13H,14H2,1-2H3,(H,24,28). The van der Waals surface area contributed by atoms with E-state index < -0.39 is 18.5 Å². The molecule has 0 aliphatic rings. The molecule has 4 aromatic rings. The summed E-state index contributed by atoms with van der Waals surface area (Å²) in [5.41, 5.74) is 2.84. The van der Waals surface area contributed by atoms with Crippen molar-refractivity contribution in [2.45, 2.75) is 13.8 Å². The molecule has 0 aliphatic heterocycles. The second-order valence-electron chi connectivity index (χ2n) is 6.87. The first-order chi connectivity index (χ1) is 15.0. The van der Waals surface area contributed by atoms with Crippen LogP contribution < -0.4 is 5.32 Å². The van der Waals surface area contributed by atoms with Crippen LogP contribution in [0.5, 0.6) is 0 Å². The van der Waals surface area contributed by atoms with Crippen LogP contribution in [0.15, 0.2) is 71.3 Å². The van der Waals surface area contributed by atoms with Crippen molar-refractivity contribution in [3.8, 4) is 16.9 Å². The zero-order chi connectivity index (χ0) is 21.8. The van der Waals surface area contributed by atoms with Crippen molar-refractivity contribution in [3.05, 3.63) is 83.7 Å². The fourth-order valence-electron chi connectivity index (χ4n) is 3.14. The van der Waals surface area contributed by atoms with Crippen molar-refractivity contribution in [1.29, 1.82) is 0 Å². The summed E-state index contributed by atoms with van der Waals surface area (Å²) in [7, 11) is 0. The van der Waals surface area contributed by atoms with E-state index in [1.807, 2.05) is 67.6 Å². The lowest BCUT2D eigenvalue weighted by Gasteiger charge is -2.09. The number of nitrogens with zero attached hydrogens (tertiary/aromatic N) is 3. The van der Waals surface area contributed by atoms with Gasteiger partial charge in [0.1, 0.15) is 22.8 Å². The molecule has 2 aromatic carbocycles. The molecule has 0 radical (unpaired) electrons. The minimum atomic E-state index is -0.680. The molecule has 2 aromatic heterocycles. The molecule has 0 saturated heterocycles. The zero-order valence-corrected chi connectivity index (χ0v) is 17.0. The summed E-state index contributed by atoms with van der Waals surface area (Å²) < 4.78 is 12.0. The Morgan fingerprint density at radius 1 is 1.03 bits per heavy atom. The van der Waals surface area contributed by atoms with Gasteiger partial charge in [-0.25, -0.2) is 9.48 Å². The summed E-state index contributed by atoms with van der Waals surface area (Å²) in [6, 6.07) is 20.3. The third-order valence-electron chi connectivity index (χ3n) is 4.55. The van der Waals surface area contributed by atoms with E-state index in [1.165, 1.54) is 0 Å². The Balaban J connectivity index is 1.45. The van der Waals surface area contributed by atoms with E-state index in [2.05, 4.69) is 15.6 Å². The highest BCUT2D eigenvalue weighted by molar-refractivity contribution is 5.99. The van der Waals surface area contributed by atoms with Gasteiger partial charge in [0.15, 0.2) is 6.61 Å². The summed E-state index contributed by atoms with van der Waals surface area (Å²) >= 11 is 0. The quantitative estimate of drug-likeness (QED) is 0.478. The van der Waals surface area contributed by atoms with Crippen molar-refractivity contribution in [2.24, 2.45) is 0 Å². The van der Waals surface area contributed by atoms with Crippen LogP contribution >= 0.6 is 0 Å². The lowest BCUT2D eigenvalue weighted by atomic mass is 10.1. The van der Waals surface area contributed by atoms with Gasteiger partial charge in [0, 0.05) is 11.6 Å². The summed E-state index contributed by atoms with van der Waals surface area (Å²) in [5.74, 6) is -0.362. The van der Waals surface area contributed by atoms with Crippen molar-refractivity contribution in [2.75, 3.05) is 11.9 Å². The lowest BCUT2D eigenvalue weighted by molar-refractivity contribution is -0.119. The highest BCUT2D eigenvalue weighted by Crippen LogP contribution is 2.25. The van der Waals surface area contributed by atoms with E-state index in [-0.39, 0.29) is 5.56 Å². The number of rotatable bonds is 6. The highest BCUT2D eigenvalue weighted by atomic mass is 16.5. The van der Waals surface area contributed by atoms with Gasteiger partial charge in [-0.1, -0.05) is 53.7 Å². The van der Waals surface area contributed by atoms with Gasteiger partial charge in [-0.3, -0.25) is 4.79 Å². The zero-order valence-electron chi connectivity index (χ0n) is 17.0. The molecule has 8 nitrogen and oxygen atoms in total. The first-order valence-electron chi connectivity index (χ1n) is 9.63. The summed E-state index contributed by atoms with van der Waals surface area (Å²) in [6.45, 7) is 2.99. The third kappa shape index (κ3) is 4.37. The van der Waals surface area contributed by atoms with Gasteiger partial charge in [0.25, 0.3) is 5.91 Å². The van der Waals surface area contributed by atoms with Crippen LogP contribution in [-0.2, 0) is 9.53 Å². The Hall–Kier alpha value is -4.20. The molecule has 1 N–H and O–H groups in total. The maximum absolute atomic E-state index is 12.7. The third-order valence-corrected chi connectivity index (χ3v) is 4.55. The first-order valence-corrected chi connectivity index (χ1v) is 9.63. The number of ether oxygens (including phenoxy) is 1. The number of hydrogen-bond donors (Lipinski definition) is 1. The molecule has 8 heteroatoms. The molecular formula is C23H20N4O4. The van der Waals surface area contributed by atoms with Crippen LogP contribution in [0.2, 0.25) is 0 Å². The van der Waals surface area contributed by atoms with Crippen molar-refractivity contribution >= 4 is 17.7 Å². The van der Waals surface area contributed by atoms with E-state index in [0.29, 0.717) is 17.3 Å². The molecule has 156 valence electrons. The first kappa shape index (κ1) is 20.1. The average molecular weight is 416 g/mol. The molecule has 0 aliphatic carbocycles. The number of para-hydroxylation sites is 1.